The fourth-order valence-corrected chi connectivity index (χ4v) is 5.33. The van der Waals surface area contributed by atoms with Crippen LogP contribution in [0.5, 0.6) is 0 Å². The maximum Gasteiger partial charge on any atom is 0.314 e. The molecule has 1 aliphatic rings. The fourth-order valence-electron chi connectivity index (χ4n) is 4.87. The average molecular weight is 545 g/mol. The van der Waals surface area contributed by atoms with Gasteiger partial charge in [-0.25, -0.2) is 4.79 Å². The zero-order chi connectivity index (χ0) is 27.8. The smallest absolute Gasteiger partial charge is 0.314 e. The highest BCUT2D eigenvalue weighted by Gasteiger charge is 2.31. The lowest BCUT2D eigenvalue weighted by Gasteiger charge is -2.27. The van der Waals surface area contributed by atoms with E-state index in [0.717, 1.165) is 51.2 Å². The lowest BCUT2D eigenvalue weighted by molar-refractivity contribution is -0.127. The Hall–Kier alpha value is -3.78. The van der Waals surface area contributed by atoms with Gasteiger partial charge in [-0.05, 0) is 71.5 Å². The van der Waals surface area contributed by atoms with Gasteiger partial charge in [-0.15, -0.1) is 11.8 Å². The number of aryl methyl sites for hydroxylation is 1. The van der Waals surface area contributed by atoms with Crippen LogP contribution in [0.4, 0.5) is 10.5 Å². The van der Waals surface area contributed by atoms with E-state index in [1.165, 1.54) is 0 Å². The van der Waals surface area contributed by atoms with Gasteiger partial charge in [-0.1, -0.05) is 55.5 Å². The third-order valence-corrected chi connectivity index (χ3v) is 7.67. The molecule has 0 fully saturated rings. The van der Waals surface area contributed by atoms with Crippen LogP contribution in [-0.2, 0) is 29.1 Å². The largest absolute Gasteiger partial charge is 0.344 e. The number of hydrogen-bond acceptors (Lipinski definition) is 4. The van der Waals surface area contributed by atoms with E-state index in [1.54, 1.807) is 18.8 Å². The van der Waals surface area contributed by atoms with Crippen molar-refractivity contribution in [2.45, 2.75) is 56.6 Å². The molecule has 3 aromatic rings. The summed E-state index contributed by atoms with van der Waals surface area (Å²) in [6, 6.07) is 21.6. The molecule has 4 rings (SSSR count). The Bertz CT molecular complexity index is 1330. The SMILES string of the molecule is CCCC(=O)N[C@@H]1CCc2cc(SC)ccc2N(Cc2ccc(-c3ccccc3CNC(=O)NC)cc2)C1=O. The van der Waals surface area contributed by atoms with Crippen molar-refractivity contribution < 1.29 is 14.4 Å². The molecule has 1 heterocycles. The van der Waals surface area contributed by atoms with Crippen LogP contribution < -0.4 is 20.9 Å². The van der Waals surface area contributed by atoms with E-state index < -0.39 is 6.04 Å². The van der Waals surface area contributed by atoms with Gasteiger partial charge in [0.05, 0.1) is 6.54 Å². The van der Waals surface area contributed by atoms with Crippen molar-refractivity contribution in [2.24, 2.45) is 0 Å². The minimum absolute atomic E-state index is 0.0789. The van der Waals surface area contributed by atoms with Gasteiger partial charge in [0, 0.05) is 30.6 Å². The van der Waals surface area contributed by atoms with E-state index in [0.29, 0.717) is 25.9 Å². The molecule has 3 N–H and O–H groups in total. The van der Waals surface area contributed by atoms with Crippen molar-refractivity contribution in [1.82, 2.24) is 16.0 Å². The third-order valence-electron chi connectivity index (χ3n) is 6.95. The Kier molecular flexibility index (Phi) is 9.65. The molecule has 1 atom stereocenters. The lowest BCUT2D eigenvalue weighted by atomic mass is 9.98. The van der Waals surface area contributed by atoms with Crippen LogP contribution in [0, 0.1) is 0 Å². The molecule has 0 unspecified atom stereocenters. The van der Waals surface area contributed by atoms with Crippen molar-refractivity contribution in [3.05, 3.63) is 83.4 Å². The van der Waals surface area contributed by atoms with Crippen LogP contribution in [-0.4, -0.2) is 37.2 Å². The summed E-state index contributed by atoms with van der Waals surface area (Å²) in [6.07, 6.45) is 4.50. The first-order valence-corrected chi connectivity index (χ1v) is 14.6. The quantitative estimate of drug-likeness (QED) is 0.320. The number of nitrogens with one attached hydrogen (secondary N) is 3. The molecule has 0 aromatic heterocycles. The van der Waals surface area contributed by atoms with E-state index >= 15 is 0 Å². The summed E-state index contributed by atoms with van der Waals surface area (Å²) in [4.78, 5) is 40.8. The van der Waals surface area contributed by atoms with Gasteiger partial charge in [0.2, 0.25) is 11.8 Å². The van der Waals surface area contributed by atoms with Crippen LogP contribution in [0.1, 0.15) is 42.9 Å². The molecule has 8 heteroatoms. The Morgan fingerprint density at radius 2 is 1.82 bits per heavy atom. The first-order chi connectivity index (χ1) is 18.9. The van der Waals surface area contributed by atoms with Crippen molar-refractivity contribution in [2.75, 3.05) is 18.2 Å². The van der Waals surface area contributed by atoms with E-state index in [-0.39, 0.29) is 17.8 Å². The number of carbonyl (C=O) groups excluding carboxylic acids is 3. The maximum absolute atomic E-state index is 13.8. The van der Waals surface area contributed by atoms with Crippen LogP contribution in [0.2, 0.25) is 0 Å². The summed E-state index contributed by atoms with van der Waals surface area (Å²) in [6.45, 7) is 2.78. The second kappa shape index (κ2) is 13.3. The van der Waals surface area contributed by atoms with Crippen LogP contribution >= 0.6 is 11.8 Å². The van der Waals surface area contributed by atoms with E-state index in [2.05, 4.69) is 34.1 Å². The Morgan fingerprint density at radius 1 is 1.05 bits per heavy atom. The predicted octanol–water partition coefficient (Wildman–Crippen LogP) is 5.27. The van der Waals surface area contributed by atoms with E-state index in [1.807, 2.05) is 66.6 Å². The second-order valence-electron chi connectivity index (χ2n) is 9.61. The topological polar surface area (TPSA) is 90.5 Å². The molecular weight excluding hydrogens is 508 g/mol. The first-order valence-electron chi connectivity index (χ1n) is 13.3. The second-order valence-corrected chi connectivity index (χ2v) is 10.5. The molecule has 0 radical (unpaired) electrons. The van der Waals surface area contributed by atoms with E-state index in [9.17, 15) is 14.4 Å². The van der Waals surface area contributed by atoms with E-state index in [4.69, 9.17) is 0 Å². The highest BCUT2D eigenvalue weighted by Crippen LogP contribution is 2.32. The van der Waals surface area contributed by atoms with Crippen LogP contribution in [0.15, 0.2) is 71.6 Å². The third kappa shape index (κ3) is 7.00. The van der Waals surface area contributed by atoms with Gasteiger partial charge in [-0.3, -0.25) is 9.59 Å². The molecule has 1 aliphatic heterocycles. The fraction of sp³-hybridized carbons (Fsp3) is 0.323. The number of urea groups is 1. The normalized spacial score (nSPS) is 14.8. The minimum Gasteiger partial charge on any atom is -0.344 e. The number of anilines is 1. The summed E-state index contributed by atoms with van der Waals surface area (Å²) in [5.74, 6) is -0.162. The zero-order valence-electron chi connectivity index (χ0n) is 22.8. The van der Waals surface area contributed by atoms with Gasteiger partial charge < -0.3 is 20.9 Å². The highest BCUT2D eigenvalue weighted by atomic mass is 32.2. The number of nitrogens with zero attached hydrogens (tertiary/aromatic N) is 1. The number of rotatable bonds is 9. The van der Waals surface area contributed by atoms with Crippen molar-refractivity contribution in [1.29, 1.82) is 0 Å². The van der Waals surface area contributed by atoms with Gasteiger partial charge in [0.15, 0.2) is 0 Å². The molecule has 0 saturated heterocycles. The Labute approximate surface area is 234 Å². The molecule has 0 saturated carbocycles. The number of benzene rings is 3. The standard InChI is InChI=1S/C31H36N4O3S/c1-4-7-29(36)34-27-16-14-23-18-25(39-3)15-17-28(23)35(30(27)37)20-21-10-12-22(13-11-21)26-9-6-5-8-24(26)19-33-31(38)32-2/h5-6,8-13,15,17-18,27H,4,7,14,16,19-20H2,1-3H3,(H,34,36)(H2,32,33,38)/t27-/m1/s1. The van der Waals surface area contributed by atoms with Gasteiger partial charge in [0.25, 0.3) is 0 Å². The molecule has 3 aromatic carbocycles. The first kappa shape index (κ1) is 28.2. The monoisotopic (exact) mass is 544 g/mol. The number of thioether (sulfide) groups is 1. The minimum atomic E-state index is -0.548. The Morgan fingerprint density at radius 3 is 2.54 bits per heavy atom. The van der Waals surface area contributed by atoms with Gasteiger partial charge >= 0.3 is 6.03 Å². The zero-order valence-corrected chi connectivity index (χ0v) is 23.6. The Balaban J connectivity index is 1.59. The molecule has 0 bridgehead atoms. The molecule has 7 nitrogen and oxygen atoms in total. The van der Waals surface area contributed by atoms with Crippen molar-refractivity contribution in [3.63, 3.8) is 0 Å². The summed E-state index contributed by atoms with van der Waals surface area (Å²) in [5.41, 5.74) is 6.11. The summed E-state index contributed by atoms with van der Waals surface area (Å²) >= 11 is 1.68. The summed E-state index contributed by atoms with van der Waals surface area (Å²) in [7, 11) is 1.59. The number of fused-ring (bicyclic) bond motifs is 1. The average Bonchev–Trinajstić information content (AvgIpc) is 3.08. The number of carbonyl (C=O) groups is 3. The molecule has 0 aliphatic carbocycles. The van der Waals surface area contributed by atoms with Crippen LogP contribution in [0.3, 0.4) is 0 Å². The van der Waals surface area contributed by atoms with Crippen molar-refractivity contribution in [3.8, 4) is 11.1 Å². The summed E-state index contributed by atoms with van der Waals surface area (Å²) in [5, 5.41) is 8.41. The van der Waals surface area contributed by atoms with Crippen LogP contribution in [0.25, 0.3) is 11.1 Å². The maximum atomic E-state index is 13.8. The van der Waals surface area contributed by atoms with Gasteiger partial charge in [-0.2, -0.15) is 0 Å². The molecule has 0 spiro atoms. The molecule has 204 valence electrons. The lowest BCUT2D eigenvalue weighted by Crippen LogP contribution is -2.47. The van der Waals surface area contributed by atoms with Gasteiger partial charge in [0.1, 0.15) is 6.04 Å². The summed E-state index contributed by atoms with van der Waals surface area (Å²) < 4.78 is 0. The predicted molar refractivity (Wildman–Crippen MR) is 158 cm³/mol. The van der Waals surface area contributed by atoms with Crippen molar-refractivity contribution >= 4 is 35.3 Å². The molecule has 39 heavy (non-hydrogen) atoms. The highest BCUT2D eigenvalue weighted by molar-refractivity contribution is 7.98. The molecular formula is C31H36N4O3S. The number of amides is 4. The molecule has 4 amide bonds. The number of hydrogen-bond donors (Lipinski definition) is 3.